The molecule has 0 aromatic heterocycles. The Morgan fingerprint density at radius 1 is 1.07 bits per heavy atom. The predicted octanol–water partition coefficient (Wildman–Crippen LogP) is 7.67. The van der Waals surface area contributed by atoms with Crippen LogP contribution >= 0.6 is 69.0 Å². The molecule has 0 aliphatic rings. The van der Waals surface area contributed by atoms with Gasteiger partial charge in [-0.1, -0.05) is 58.5 Å². The standard InChI is InChI=1S/C10H10Cl2O.C6H3Cl2I.C4H8O/c1-7(13)2-3-8-4-5-9(11)10(12)6-8;7-5-2-1-4(9)3-6(5)8;1-3-4(2)5/h4-6H,2-3H2,1H3;1-3H;3-5H,1H2,2H3. The SMILES string of the molecule is C=CC(C)O.CC(=O)CCc1ccc(Cl)c(Cl)c1.Clc1ccc(I)cc1Cl. The molecule has 1 N–H and O–H groups in total. The fourth-order valence-electron chi connectivity index (χ4n) is 1.49. The molecule has 0 saturated carbocycles. The van der Waals surface area contributed by atoms with Crippen LogP contribution in [0.2, 0.25) is 20.1 Å². The number of aliphatic hydroxyl groups excluding tert-OH is 1. The van der Waals surface area contributed by atoms with Crippen LogP contribution in [-0.2, 0) is 11.2 Å². The maximum Gasteiger partial charge on any atom is 0.130 e. The van der Waals surface area contributed by atoms with Gasteiger partial charge in [0, 0.05) is 9.99 Å². The summed E-state index contributed by atoms with van der Waals surface area (Å²) in [6.45, 7) is 6.55. The highest BCUT2D eigenvalue weighted by Gasteiger charge is 2.00. The van der Waals surface area contributed by atoms with E-state index in [9.17, 15) is 4.79 Å². The zero-order chi connectivity index (χ0) is 21.0. The van der Waals surface area contributed by atoms with Crippen LogP contribution in [0.3, 0.4) is 0 Å². The highest BCUT2D eigenvalue weighted by Crippen LogP contribution is 2.23. The number of benzene rings is 2. The Bertz CT molecular complexity index is 749. The van der Waals surface area contributed by atoms with E-state index < -0.39 is 0 Å². The van der Waals surface area contributed by atoms with Gasteiger partial charge in [-0.15, -0.1) is 6.58 Å². The minimum absolute atomic E-state index is 0.186. The van der Waals surface area contributed by atoms with Crippen LogP contribution in [0.25, 0.3) is 0 Å². The van der Waals surface area contributed by atoms with Gasteiger partial charge in [0.1, 0.15) is 5.78 Å². The zero-order valence-corrected chi connectivity index (χ0v) is 20.2. The third kappa shape index (κ3) is 13.5. The quantitative estimate of drug-likeness (QED) is 0.236. The van der Waals surface area contributed by atoms with Crippen LogP contribution in [0.5, 0.6) is 0 Å². The van der Waals surface area contributed by atoms with Crippen LogP contribution in [0.1, 0.15) is 25.8 Å². The summed E-state index contributed by atoms with van der Waals surface area (Å²) in [5, 5.41) is 10.6. The number of carbonyl (C=O) groups excluding carboxylic acids is 1. The molecule has 1 unspecified atom stereocenters. The molecule has 0 bridgehead atoms. The van der Waals surface area contributed by atoms with E-state index in [1.807, 2.05) is 18.2 Å². The lowest BCUT2D eigenvalue weighted by molar-refractivity contribution is -0.116. The highest BCUT2D eigenvalue weighted by molar-refractivity contribution is 14.1. The first-order valence-electron chi connectivity index (χ1n) is 7.91. The lowest BCUT2D eigenvalue weighted by Crippen LogP contribution is -1.93. The molecule has 0 aliphatic carbocycles. The normalized spacial score (nSPS) is 10.7. The van der Waals surface area contributed by atoms with Crippen molar-refractivity contribution in [2.45, 2.75) is 32.8 Å². The molecule has 0 spiro atoms. The van der Waals surface area contributed by atoms with Crippen molar-refractivity contribution in [3.05, 3.63) is 78.3 Å². The Morgan fingerprint density at radius 3 is 1.93 bits per heavy atom. The van der Waals surface area contributed by atoms with Gasteiger partial charge in [0.25, 0.3) is 0 Å². The average Bonchev–Trinajstić information content (AvgIpc) is 2.60. The Kier molecular flexibility index (Phi) is 14.5. The van der Waals surface area contributed by atoms with E-state index in [4.69, 9.17) is 51.5 Å². The number of carbonyl (C=O) groups is 1. The number of aliphatic hydroxyl groups is 1. The number of hydrogen-bond donors (Lipinski definition) is 1. The van der Waals surface area contributed by atoms with Gasteiger partial charge in [0.2, 0.25) is 0 Å². The van der Waals surface area contributed by atoms with Gasteiger partial charge in [-0.05, 0) is 78.8 Å². The van der Waals surface area contributed by atoms with Crippen molar-refractivity contribution < 1.29 is 9.90 Å². The van der Waals surface area contributed by atoms with Crippen molar-refractivity contribution in [2.24, 2.45) is 0 Å². The molecule has 0 amide bonds. The molecule has 0 saturated heterocycles. The first-order valence-corrected chi connectivity index (χ1v) is 10.5. The summed E-state index contributed by atoms with van der Waals surface area (Å²) in [5.74, 6) is 0.186. The number of aryl methyl sites for hydroxylation is 1. The summed E-state index contributed by atoms with van der Waals surface area (Å²) >= 11 is 25.1. The molecule has 0 radical (unpaired) electrons. The highest BCUT2D eigenvalue weighted by atomic mass is 127. The van der Waals surface area contributed by atoms with Crippen LogP contribution < -0.4 is 0 Å². The van der Waals surface area contributed by atoms with Crippen molar-refractivity contribution in [1.82, 2.24) is 0 Å². The third-order valence-electron chi connectivity index (χ3n) is 2.97. The summed E-state index contributed by atoms with van der Waals surface area (Å²) < 4.78 is 1.10. The van der Waals surface area contributed by atoms with Gasteiger partial charge in [-0.3, -0.25) is 0 Å². The fourth-order valence-corrected chi connectivity index (χ4v) is 2.78. The Balaban J connectivity index is 0.000000419. The Morgan fingerprint density at radius 2 is 1.56 bits per heavy atom. The maximum absolute atomic E-state index is 10.7. The fraction of sp³-hybridized carbons (Fsp3) is 0.250. The summed E-state index contributed by atoms with van der Waals surface area (Å²) in [7, 11) is 0. The van der Waals surface area contributed by atoms with Crippen LogP contribution in [-0.4, -0.2) is 17.0 Å². The van der Waals surface area contributed by atoms with E-state index in [0.717, 1.165) is 15.6 Å². The lowest BCUT2D eigenvalue weighted by Gasteiger charge is -2.00. The van der Waals surface area contributed by atoms with Crippen molar-refractivity contribution >= 4 is 74.8 Å². The van der Waals surface area contributed by atoms with E-state index in [1.54, 1.807) is 32.0 Å². The molecule has 0 aliphatic heterocycles. The van der Waals surface area contributed by atoms with Crippen molar-refractivity contribution in [2.75, 3.05) is 0 Å². The summed E-state index contributed by atoms with van der Waals surface area (Å²) in [6.07, 6.45) is 2.40. The largest absolute Gasteiger partial charge is 0.389 e. The molecule has 27 heavy (non-hydrogen) atoms. The lowest BCUT2D eigenvalue weighted by atomic mass is 10.1. The monoisotopic (exact) mass is 560 g/mol. The van der Waals surface area contributed by atoms with Crippen molar-refractivity contribution in [3.8, 4) is 0 Å². The van der Waals surface area contributed by atoms with Gasteiger partial charge >= 0.3 is 0 Å². The minimum atomic E-state index is -0.352. The zero-order valence-electron chi connectivity index (χ0n) is 15.0. The topological polar surface area (TPSA) is 37.3 Å². The van der Waals surface area contributed by atoms with Gasteiger partial charge in [0.05, 0.1) is 26.2 Å². The smallest absolute Gasteiger partial charge is 0.130 e. The van der Waals surface area contributed by atoms with Crippen molar-refractivity contribution in [1.29, 1.82) is 0 Å². The first-order chi connectivity index (χ1) is 12.6. The number of rotatable bonds is 4. The Labute approximate surface area is 194 Å². The van der Waals surface area contributed by atoms with E-state index >= 15 is 0 Å². The summed E-state index contributed by atoms with van der Waals surface area (Å²) in [5.41, 5.74) is 1.05. The van der Waals surface area contributed by atoms with E-state index in [1.165, 1.54) is 6.08 Å². The first kappa shape index (κ1) is 26.7. The molecule has 0 fully saturated rings. The summed E-state index contributed by atoms with van der Waals surface area (Å²) in [4.78, 5) is 10.7. The molecule has 0 heterocycles. The molecular weight excluding hydrogens is 541 g/mol. The second-order valence-corrected chi connectivity index (χ2v) is 8.36. The van der Waals surface area contributed by atoms with Gasteiger partial charge in [-0.25, -0.2) is 0 Å². The minimum Gasteiger partial charge on any atom is -0.389 e. The number of halogens is 5. The van der Waals surface area contributed by atoms with E-state index in [2.05, 4.69) is 29.2 Å². The van der Waals surface area contributed by atoms with Gasteiger partial charge in [-0.2, -0.15) is 0 Å². The molecule has 1 atom stereocenters. The maximum atomic E-state index is 10.7. The molecule has 2 aromatic rings. The van der Waals surface area contributed by atoms with Crippen LogP contribution in [0, 0.1) is 3.57 Å². The molecule has 2 rings (SSSR count). The number of Topliss-reactive ketones (excluding diaryl/α,β-unsaturated/α-hetero) is 1. The summed E-state index contributed by atoms with van der Waals surface area (Å²) in [6, 6.07) is 11.0. The molecule has 2 nitrogen and oxygen atoms in total. The molecule has 2 aromatic carbocycles. The number of ketones is 1. The molecule has 7 heteroatoms. The van der Waals surface area contributed by atoms with E-state index in [0.29, 0.717) is 26.5 Å². The van der Waals surface area contributed by atoms with Gasteiger partial charge < -0.3 is 9.90 Å². The van der Waals surface area contributed by atoms with Crippen LogP contribution in [0.15, 0.2) is 49.1 Å². The Hall–Kier alpha value is -0.300. The second-order valence-electron chi connectivity index (χ2n) is 5.49. The molecule has 148 valence electrons. The van der Waals surface area contributed by atoms with Gasteiger partial charge in [0.15, 0.2) is 0 Å². The average molecular weight is 562 g/mol. The molecular formula is C20H21Cl4IO2. The predicted molar refractivity (Wildman–Crippen MR) is 127 cm³/mol. The van der Waals surface area contributed by atoms with E-state index in [-0.39, 0.29) is 11.9 Å². The van der Waals surface area contributed by atoms with Crippen molar-refractivity contribution in [3.63, 3.8) is 0 Å². The number of hydrogen-bond acceptors (Lipinski definition) is 2. The second kappa shape index (κ2) is 14.7. The third-order valence-corrected chi connectivity index (χ3v) is 5.12. The van der Waals surface area contributed by atoms with Crippen LogP contribution in [0.4, 0.5) is 0 Å².